The highest BCUT2D eigenvalue weighted by Crippen LogP contribution is 2.18. The zero-order valence-corrected chi connectivity index (χ0v) is 10.3. The Balaban J connectivity index is 2.04. The summed E-state index contributed by atoms with van der Waals surface area (Å²) < 4.78 is 4.01. The van der Waals surface area contributed by atoms with Crippen LogP contribution in [0.4, 0.5) is 0 Å². The highest BCUT2D eigenvalue weighted by molar-refractivity contribution is 5.05. The number of aryl methyl sites for hydroxylation is 2. The maximum absolute atomic E-state index is 6.15. The van der Waals surface area contributed by atoms with Crippen LogP contribution in [0.5, 0.6) is 0 Å². The molecule has 1 atom stereocenters. The second kappa shape index (κ2) is 5.14. The number of hydrogen-bond donors (Lipinski definition) is 1. The first-order valence-electron chi connectivity index (χ1n) is 5.91. The van der Waals surface area contributed by atoms with E-state index in [1.165, 1.54) is 0 Å². The topological polar surface area (TPSA) is 61.7 Å². The predicted octanol–water partition coefficient (Wildman–Crippen LogP) is 1.44. The van der Waals surface area contributed by atoms with Gasteiger partial charge in [-0.15, -0.1) is 0 Å². The molecule has 0 aromatic carbocycles. The molecule has 0 saturated carbocycles. The molecule has 92 valence electrons. The number of rotatable bonds is 5. The van der Waals surface area contributed by atoms with Gasteiger partial charge >= 0.3 is 0 Å². The number of hydrogen-bond acceptors (Lipinski definition) is 3. The van der Waals surface area contributed by atoms with Crippen molar-refractivity contribution >= 4 is 0 Å². The normalized spacial score (nSPS) is 13.2. The van der Waals surface area contributed by atoms with Gasteiger partial charge in [0, 0.05) is 31.2 Å². The molecular formula is C12H19N5. The highest BCUT2D eigenvalue weighted by atomic mass is 15.3. The molecule has 2 N–H and O–H groups in total. The SMILES string of the molecule is CC(C)C(N)c1cncn1CCn1cccn1. The van der Waals surface area contributed by atoms with Crippen LogP contribution in [-0.4, -0.2) is 19.3 Å². The van der Waals surface area contributed by atoms with Crippen molar-refractivity contribution < 1.29 is 0 Å². The third-order valence-electron chi connectivity index (χ3n) is 2.93. The monoisotopic (exact) mass is 233 g/mol. The molecule has 5 nitrogen and oxygen atoms in total. The van der Waals surface area contributed by atoms with Crippen LogP contribution in [0.25, 0.3) is 0 Å². The second-order valence-electron chi connectivity index (χ2n) is 4.55. The first-order valence-corrected chi connectivity index (χ1v) is 5.91. The van der Waals surface area contributed by atoms with E-state index in [1.54, 1.807) is 6.20 Å². The second-order valence-corrected chi connectivity index (χ2v) is 4.55. The summed E-state index contributed by atoms with van der Waals surface area (Å²) in [6, 6.07) is 1.96. The van der Waals surface area contributed by atoms with Crippen LogP contribution in [0.2, 0.25) is 0 Å². The van der Waals surface area contributed by atoms with Gasteiger partial charge in [-0.05, 0) is 12.0 Å². The number of nitrogens with zero attached hydrogens (tertiary/aromatic N) is 4. The van der Waals surface area contributed by atoms with E-state index in [0.29, 0.717) is 5.92 Å². The van der Waals surface area contributed by atoms with Gasteiger partial charge in [0.15, 0.2) is 0 Å². The van der Waals surface area contributed by atoms with Gasteiger partial charge in [-0.25, -0.2) is 4.98 Å². The van der Waals surface area contributed by atoms with Crippen molar-refractivity contribution in [3.05, 3.63) is 36.7 Å². The molecular weight excluding hydrogens is 214 g/mol. The van der Waals surface area contributed by atoms with Gasteiger partial charge in [0.2, 0.25) is 0 Å². The molecule has 5 heteroatoms. The fourth-order valence-electron chi connectivity index (χ4n) is 1.78. The van der Waals surface area contributed by atoms with E-state index >= 15 is 0 Å². The van der Waals surface area contributed by atoms with Crippen LogP contribution in [0, 0.1) is 5.92 Å². The van der Waals surface area contributed by atoms with E-state index in [0.717, 1.165) is 18.8 Å². The van der Waals surface area contributed by atoms with E-state index in [-0.39, 0.29) is 6.04 Å². The molecule has 0 aliphatic heterocycles. The number of nitrogens with two attached hydrogens (primary N) is 1. The van der Waals surface area contributed by atoms with Gasteiger partial charge in [-0.3, -0.25) is 4.68 Å². The summed E-state index contributed by atoms with van der Waals surface area (Å²) in [5.41, 5.74) is 7.24. The van der Waals surface area contributed by atoms with E-state index in [1.807, 2.05) is 29.5 Å². The van der Waals surface area contributed by atoms with Crippen LogP contribution < -0.4 is 5.73 Å². The summed E-state index contributed by atoms with van der Waals surface area (Å²) in [6.45, 7) is 5.92. The molecule has 0 aliphatic carbocycles. The minimum atomic E-state index is 0.0371. The summed E-state index contributed by atoms with van der Waals surface area (Å²) >= 11 is 0. The lowest BCUT2D eigenvalue weighted by molar-refractivity contribution is 0.457. The summed E-state index contributed by atoms with van der Waals surface area (Å²) in [7, 11) is 0. The minimum absolute atomic E-state index is 0.0371. The van der Waals surface area contributed by atoms with Gasteiger partial charge in [0.05, 0.1) is 18.6 Å². The number of aromatic nitrogens is 4. The average molecular weight is 233 g/mol. The van der Waals surface area contributed by atoms with Crippen molar-refractivity contribution in [1.29, 1.82) is 0 Å². The molecule has 0 bridgehead atoms. The van der Waals surface area contributed by atoms with Crippen LogP contribution >= 0.6 is 0 Å². The fourth-order valence-corrected chi connectivity index (χ4v) is 1.78. The van der Waals surface area contributed by atoms with Gasteiger partial charge in [0.1, 0.15) is 0 Å². The molecule has 0 saturated heterocycles. The summed E-state index contributed by atoms with van der Waals surface area (Å²) in [6.07, 6.45) is 7.43. The molecule has 0 fully saturated rings. The summed E-state index contributed by atoms with van der Waals surface area (Å²) in [5, 5.41) is 4.18. The van der Waals surface area contributed by atoms with Crippen molar-refractivity contribution in [2.24, 2.45) is 11.7 Å². The lowest BCUT2D eigenvalue weighted by Gasteiger charge is -2.17. The Bertz CT molecular complexity index is 443. The first kappa shape index (κ1) is 11.9. The van der Waals surface area contributed by atoms with Crippen LogP contribution in [0.15, 0.2) is 31.0 Å². The standard InChI is InChI=1S/C12H19N5/c1-10(2)12(13)11-8-14-9-16(11)6-7-17-5-3-4-15-17/h3-5,8-10,12H,6-7,13H2,1-2H3. The van der Waals surface area contributed by atoms with Gasteiger partial charge in [-0.1, -0.05) is 13.8 Å². The van der Waals surface area contributed by atoms with E-state index in [9.17, 15) is 0 Å². The van der Waals surface area contributed by atoms with Gasteiger partial charge in [-0.2, -0.15) is 5.10 Å². The molecule has 2 heterocycles. The molecule has 2 aromatic rings. The lowest BCUT2D eigenvalue weighted by Crippen LogP contribution is -2.21. The van der Waals surface area contributed by atoms with Crippen molar-refractivity contribution in [3.63, 3.8) is 0 Å². The summed E-state index contributed by atoms with van der Waals surface area (Å²) in [4.78, 5) is 4.18. The van der Waals surface area contributed by atoms with Crippen molar-refractivity contribution in [3.8, 4) is 0 Å². The van der Waals surface area contributed by atoms with Crippen molar-refractivity contribution in [2.45, 2.75) is 33.0 Å². The van der Waals surface area contributed by atoms with Crippen LogP contribution in [0.1, 0.15) is 25.6 Å². The fraction of sp³-hybridized carbons (Fsp3) is 0.500. The van der Waals surface area contributed by atoms with E-state index in [4.69, 9.17) is 5.73 Å². The molecule has 0 spiro atoms. The van der Waals surface area contributed by atoms with Crippen molar-refractivity contribution in [2.75, 3.05) is 0 Å². The van der Waals surface area contributed by atoms with E-state index < -0.39 is 0 Å². The molecule has 17 heavy (non-hydrogen) atoms. The molecule has 0 aliphatic rings. The maximum atomic E-state index is 6.15. The Hall–Kier alpha value is -1.62. The molecule has 2 rings (SSSR count). The Morgan fingerprint density at radius 2 is 2.18 bits per heavy atom. The maximum Gasteiger partial charge on any atom is 0.0949 e. The number of imidazole rings is 1. The predicted molar refractivity (Wildman–Crippen MR) is 66.2 cm³/mol. The third kappa shape index (κ3) is 2.74. The molecule has 2 aromatic heterocycles. The first-order chi connectivity index (χ1) is 8.18. The third-order valence-corrected chi connectivity index (χ3v) is 2.93. The Morgan fingerprint density at radius 3 is 2.82 bits per heavy atom. The van der Waals surface area contributed by atoms with Gasteiger partial charge in [0.25, 0.3) is 0 Å². The molecule has 1 unspecified atom stereocenters. The summed E-state index contributed by atoms with van der Waals surface area (Å²) in [5.74, 6) is 0.412. The highest BCUT2D eigenvalue weighted by Gasteiger charge is 2.14. The average Bonchev–Trinajstić information content (AvgIpc) is 2.96. The van der Waals surface area contributed by atoms with E-state index in [2.05, 4.69) is 28.5 Å². The van der Waals surface area contributed by atoms with Crippen LogP contribution in [0.3, 0.4) is 0 Å². The quantitative estimate of drug-likeness (QED) is 0.850. The Morgan fingerprint density at radius 1 is 1.35 bits per heavy atom. The van der Waals surface area contributed by atoms with Crippen molar-refractivity contribution in [1.82, 2.24) is 19.3 Å². The zero-order chi connectivity index (χ0) is 12.3. The minimum Gasteiger partial charge on any atom is -0.331 e. The largest absolute Gasteiger partial charge is 0.331 e. The van der Waals surface area contributed by atoms with Crippen LogP contribution in [-0.2, 0) is 13.1 Å². The smallest absolute Gasteiger partial charge is 0.0949 e. The van der Waals surface area contributed by atoms with Gasteiger partial charge < -0.3 is 10.3 Å². The molecule has 0 amide bonds. The molecule has 0 radical (unpaired) electrons. The lowest BCUT2D eigenvalue weighted by atomic mass is 10.0. The Kier molecular flexibility index (Phi) is 3.58. The zero-order valence-electron chi connectivity index (χ0n) is 10.3. The Labute approximate surface area is 101 Å².